The molecule has 0 unspecified atom stereocenters. The second kappa shape index (κ2) is 18.8. The van der Waals surface area contributed by atoms with Crippen molar-refractivity contribution in [2.24, 2.45) is 11.3 Å². The third-order valence-electron chi connectivity index (χ3n) is 12.9. The number of anilines is 1. The Hall–Kier alpha value is -5.92. The summed E-state index contributed by atoms with van der Waals surface area (Å²) in [4.78, 5) is 52.1. The van der Waals surface area contributed by atoms with Crippen LogP contribution in [0.4, 0.5) is 16.2 Å². The number of fused-ring (bicyclic) bond motifs is 2. The fourth-order valence-corrected chi connectivity index (χ4v) is 14.8. The molecule has 3 aliphatic rings. The molecular formula is C48H57N3O17S3Si. The summed E-state index contributed by atoms with van der Waals surface area (Å²) in [5, 5.41) is 26.0. The van der Waals surface area contributed by atoms with E-state index in [1.165, 1.54) is 88.4 Å². The number of ether oxygens (including phenoxy) is 2. The van der Waals surface area contributed by atoms with E-state index in [1.807, 2.05) is 0 Å². The Morgan fingerprint density at radius 3 is 1.92 bits per heavy atom. The standard InChI is InChI=1S/C48H57N3O17S3Si/c1-31-14-18-34(19-15-31)70(60,61)66-39-28-36-38(29-40(39)67-71(62,63)35-20-16-32(2)17-21-35)50-43(53)30-46(25-27-64-33(3)52)23-22-42(48(46,50)55)47(36,68-72(7,8)9)24-26-49(44(54)65-45(4,5)6)69(58,59)41-13-11-10-12-37(41)51(56)57/h10-21,28-29,42,55H,22-27,30H2,1-9H3/t42-,46-,47-,48-/m1/s1. The van der Waals surface area contributed by atoms with E-state index in [9.17, 15) is 54.9 Å². The number of aliphatic hydroxyl groups is 1. The van der Waals surface area contributed by atoms with E-state index in [4.69, 9.17) is 22.3 Å². The van der Waals surface area contributed by atoms with Crippen molar-refractivity contribution in [3.05, 3.63) is 112 Å². The van der Waals surface area contributed by atoms with E-state index in [0.29, 0.717) is 15.4 Å². The molecule has 2 amide bonds. The zero-order valence-corrected chi connectivity index (χ0v) is 44.6. The maximum absolute atomic E-state index is 14.8. The van der Waals surface area contributed by atoms with Crippen LogP contribution in [0, 0.1) is 35.3 Å². The monoisotopic (exact) mass is 1070 g/mol. The average molecular weight is 1070 g/mol. The zero-order valence-electron chi connectivity index (χ0n) is 41.2. The molecule has 0 bridgehead atoms. The second-order valence-corrected chi connectivity index (χ2v) is 29.6. The molecule has 1 saturated heterocycles. The molecule has 4 atom stereocenters. The fourth-order valence-electron chi connectivity index (χ4n) is 10.0. The summed E-state index contributed by atoms with van der Waals surface area (Å²) in [6.07, 6.45) is -2.31. The van der Waals surface area contributed by atoms with Crippen LogP contribution in [0.1, 0.15) is 76.5 Å². The van der Waals surface area contributed by atoms with Crippen LogP contribution in [0.2, 0.25) is 19.6 Å². The highest BCUT2D eigenvalue weighted by Gasteiger charge is 2.76. The fraction of sp³-hybridized carbons (Fsp3) is 0.438. The van der Waals surface area contributed by atoms with Gasteiger partial charge in [0.25, 0.3) is 15.7 Å². The predicted molar refractivity (Wildman–Crippen MR) is 262 cm³/mol. The summed E-state index contributed by atoms with van der Waals surface area (Å²) in [6, 6.07) is 17.6. The van der Waals surface area contributed by atoms with Gasteiger partial charge in [-0.15, -0.1) is 0 Å². The van der Waals surface area contributed by atoms with Gasteiger partial charge in [0.2, 0.25) is 5.91 Å². The van der Waals surface area contributed by atoms with Crippen LogP contribution >= 0.6 is 0 Å². The van der Waals surface area contributed by atoms with E-state index >= 15 is 0 Å². The third kappa shape index (κ3) is 10.1. The van der Waals surface area contributed by atoms with Crippen LogP contribution < -0.4 is 13.3 Å². The number of carbonyl (C=O) groups excluding carboxylic acids is 3. The lowest BCUT2D eigenvalue weighted by atomic mass is 9.66. The normalized spacial score (nSPS) is 21.9. The number of benzene rings is 4. The number of hydrogen-bond donors (Lipinski definition) is 1. The number of aryl methyl sites for hydroxylation is 2. The first-order valence-corrected chi connectivity index (χ1v) is 30.5. The first kappa shape index (κ1) is 53.9. The van der Waals surface area contributed by atoms with Crippen LogP contribution in [0.25, 0.3) is 0 Å². The van der Waals surface area contributed by atoms with Crippen molar-refractivity contribution in [2.45, 2.75) is 125 Å². The number of nitro benzene ring substituents is 1. The van der Waals surface area contributed by atoms with Gasteiger partial charge in [0.1, 0.15) is 15.4 Å². The van der Waals surface area contributed by atoms with Crippen molar-refractivity contribution >= 4 is 67.9 Å². The summed E-state index contributed by atoms with van der Waals surface area (Å²) >= 11 is 0. The Kier molecular flexibility index (Phi) is 14.1. The molecule has 0 aromatic heterocycles. The summed E-state index contributed by atoms with van der Waals surface area (Å²) in [6.45, 7) is 13.3. The number of nitrogens with zero attached hydrogens (tertiary/aromatic N) is 3. The summed E-state index contributed by atoms with van der Waals surface area (Å²) in [5.41, 5.74) is -6.85. The van der Waals surface area contributed by atoms with Gasteiger partial charge in [-0.2, -0.15) is 16.8 Å². The lowest BCUT2D eigenvalue weighted by molar-refractivity contribution is -0.387. The SMILES string of the molecule is CC(=O)OCC[C@]12CC[C@@H]3[C@](CCN(C(=O)OC(C)(C)C)S(=O)(=O)c4ccccc4[N+](=O)[O-])(O[Si](C)(C)C)c4cc(OS(=O)(=O)c5ccc(C)cc5)c(OS(=O)(=O)c5ccc(C)cc5)cc4N(C(=O)C1)[C@@]32O. The van der Waals surface area contributed by atoms with Gasteiger partial charge in [0.15, 0.2) is 30.4 Å². The van der Waals surface area contributed by atoms with Crippen molar-refractivity contribution in [1.29, 1.82) is 0 Å². The van der Waals surface area contributed by atoms with Crippen LogP contribution in [0.5, 0.6) is 11.5 Å². The molecule has 1 saturated carbocycles. The molecule has 0 radical (unpaired) electrons. The lowest BCUT2D eigenvalue weighted by Crippen LogP contribution is -2.66. The molecule has 2 fully saturated rings. The number of hydrogen-bond acceptors (Lipinski definition) is 17. The van der Waals surface area contributed by atoms with Crippen molar-refractivity contribution in [3.63, 3.8) is 0 Å². The number of amides is 2. The average Bonchev–Trinajstić information content (AvgIpc) is 3.66. The van der Waals surface area contributed by atoms with Gasteiger partial charge in [-0.1, -0.05) is 47.5 Å². The Bertz CT molecular complexity index is 3180. The highest BCUT2D eigenvalue weighted by molar-refractivity contribution is 7.89. The van der Waals surface area contributed by atoms with E-state index in [-0.39, 0.29) is 53.3 Å². The number of para-hydroxylation sites is 1. The lowest BCUT2D eigenvalue weighted by Gasteiger charge is -2.57. The van der Waals surface area contributed by atoms with Gasteiger partial charge >= 0.3 is 32.3 Å². The Labute approximate surface area is 419 Å². The minimum atomic E-state index is -5.20. The molecule has 388 valence electrons. The third-order valence-corrected chi connectivity index (χ3v) is 18.2. The van der Waals surface area contributed by atoms with Gasteiger partial charge in [0.05, 0.1) is 22.8 Å². The zero-order chi connectivity index (χ0) is 53.2. The highest BCUT2D eigenvalue weighted by atomic mass is 32.2. The maximum atomic E-state index is 14.8. The van der Waals surface area contributed by atoms with Gasteiger partial charge in [0, 0.05) is 48.9 Å². The second-order valence-electron chi connectivity index (χ2n) is 20.2. The highest BCUT2D eigenvalue weighted by Crippen LogP contribution is 2.70. The van der Waals surface area contributed by atoms with Gasteiger partial charge in [-0.3, -0.25) is 24.6 Å². The molecule has 2 heterocycles. The van der Waals surface area contributed by atoms with Gasteiger partial charge < -0.3 is 27.4 Å². The number of carbonyl (C=O) groups is 3. The first-order valence-electron chi connectivity index (χ1n) is 22.9. The van der Waals surface area contributed by atoms with E-state index in [2.05, 4.69) is 0 Å². The number of esters is 1. The van der Waals surface area contributed by atoms with Gasteiger partial charge in [-0.25, -0.2) is 17.5 Å². The molecule has 72 heavy (non-hydrogen) atoms. The van der Waals surface area contributed by atoms with Crippen LogP contribution in [0.15, 0.2) is 99.6 Å². The molecule has 7 rings (SSSR count). The molecule has 24 heteroatoms. The van der Waals surface area contributed by atoms with E-state index in [0.717, 1.165) is 29.2 Å². The molecule has 1 aliphatic carbocycles. The largest absolute Gasteiger partial charge is 0.466 e. The summed E-state index contributed by atoms with van der Waals surface area (Å²) < 4.78 is 117. The van der Waals surface area contributed by atoms with E-state index in [1.54, 1.807) is 33.5 Å². The minimum Gasteiger partial charge on any atom is -0.466 e. The molecule has 1 N–H and O–H groups in total. The molecular weight excluding hydrogens is 1010 g/mol. The summed E-state index contributed by atoms with van der Waals surface area (Å²) in [7, 11) is -18.0. The predicted octanol–water partition coefficient (Wildman–Crippen LogP) is 7.60. The van der Waals surface area contributed by atoms with Crippen molar-refractivity contribution in [3.8, 4) is 11.5 Å². The van der Waals surface area contributed by atoms with Crippen LogP contribution in [-0.4, -0.2) is 90.4 Å². The Morgan fingerprint density at radius 2 is 1.40 bits per heavy atom. The van der Waals surface area contributed by atoms with E-state index < -0.39 is 125 Å². The van der Waals surface area contributed by atoms with Crippen LogP contribution in [-0.2, 0) is 59.3 Å². The summed E-state index contributed by atoms with van der Waals surface area (Å²) in [5.74, 6) is -4.03. The molecule has 0 spiro atoms. The molecule has 2 aliphatic heterocycles. The Balaban J connectivity index is 1.54. The maximum Gasteiger partial charge on any atom is 0.424 e. The number of nitro groups is 1. The molecule has 4 aromatic carbocycles. The Morgan fingerprint density at radius 1 is 0.861 bits per heavy atom. The smallest absolute Gasteiger partial charge is 0.424 e. The van der Waals surface area contributed by atoms with Crippen molar-refractivity contribution in [1.82, 2.24) is 4.31 Å². The quantitative estimate of drug-likeness (QED) is 0.0350. The van der Waals surface area contributed by atoms with Crippen LogP contribution in [0.3, 0.4) is 0 Å². The van der Waals surface area contributed by atoms with Crippen molar-refractivity contribution in [2.75, 3.05) is 18.1 Å². The van der Waals surface area contributed by atoms with Crippen molar-refractivity contribution < 1.29 is 71.9 Å². The minimum absolute atomic E-state index is 0.0333. The number of sulfonamides is 1. The van der Waals surface area contributed by atoms with Gasteiger partial charge in [-0.05, 0) is 116 Å². The molecule has 20 nitrogen and oxygen atoms in total. The topological polar surface area (TPSA) is 270 Å². The number of rotatable bonds is 17. The molecule has 4 aromatic rings. The first-order chi connectivity index (χ1) is 33.3.